The molecule has 2 saturated carbocycles. The fraction of sp³-hybridized carbons (Fsp3) is 0.913. The predicted octanol–water partition coefficient (Wildman–Crippen LogP) is 3.76. The van der Waals surface area contributed by atoms with Crippen LogP contribution in [0.1, 0.15) is 97.3 Å². The van der Waals surface area contributed by atoms with Gasteiger partial charge >= 0.3 is 0 Å². The molecule has 0 aromatic carbocycles. The highest BCUT2D eigenvalue weighted by Gasteiger charge is 2.36. The van der Waals surface area contributed by atoms with E-state index in [1.165, 1.54) is 25.7 Å². The van der Waals surface area contributed by atoms with Gasteiger partial charge in [-0.25, -0.2) is 0 Å². The van der Waals surface area contributed by atoms with Crippen molar-refractivity contribution in [1.82, 2.24) is 10.6 Å². The van der Waals surface area contributed by atoms with Crippen molar-refractivity contribution in [2.75, 3.05) is 19.6 Å². The van der Waals surface area contributed by atoms with Crippen LogP contribution in [0, 0.1) is 5.92 Å². The number of hydrogen-bond acceptors (Lipinski definition) is 6. The Morgan fingerprint density at radius 3 is 1.83 bits per heavy atom. The minimum atomic E-state index is -0.287. The molecule has 0 aliphatic heterocycles. The van der Waals surface area contributed by atoms with Crippen LogP contribution < -0.4 is 16.4 Å². The van der Waals surface area contributed by atoms with Crippen LogP contribution in [0.5, 0.6) is 0 Å². The van der Waals surface area contributed by atoms with Gasteiger partial charge in [0.2, 0.25) is 0 Å². The molecule has 0 amide bonds. The Balaban J connectivity index is 1.83. The molecule has 1 atom stereocenters. The number of carbonyl (C=O) groups is 1. The van der Waals surface area contributed by atoms with E-state index in [1.807, 2.05) is 6.92 Å². The predicted molar refractivity (Wildman–Crippen MR) is 120 cm³/mol. The Morgan fingerprint density at radius 2 is 1.38 bits per heavy atom. The fourth-order valence-electron chi connectivity index (χ4n) is 5.43. The van der Waals surface area contributed by atoms with E-state index in [4.69, 9.17) is 5.73 Å². The molecule has 0 aromatic heterocycles. The second kappa shape index (κ2) is 12.0. The lowest BCUT2D eigenvalue weighted by molar-refractivity contribution is -0.124. The molecule has 2 fully saturated rings. The zero-order valence-corrected chi connectivity index (χ0v) is 18.8. The molecule has 0 radical (unpaired) electrons. The number of rotatable bonds is 12. The molecule has 6 nitrogen and oxygen atoms in total. The van der Waals surface area contributed by atoms with Gasteiger partial charge in [0.1, 0.15) is 5.78 Å². The molecule has 0 aromatic rings. The van der Waals surface area contributed by atoms with E-state index in [-0.39, 0.29) is 11.1 Å². The number of oxime groups is 1. The van der Waals surface area contributed by atoms with Crippen LogP contribution in [0.3, 0.4) is 0 Å². The van der Waals surface area contributed by atoms with E-state index in [0.29, 0.717) is 18.2 Å². The average molecular weight is 409 g/mol. The first-order chi connectivity index (χ1) is 14.0. The zero-order chi connectivity index (χ0) is 21.2. The van der Waals surface area contributed by atoms with Crippen molar-refractivity contribution in [2.45, 2.75) is 108 Å². The molecule has 0 bridgehead atoms. The molecule has 2 rings (SSSR count). The van der Waals surface area contributed by atoms with Gasteiger partial charge in [0.25, 0.3) is 0 Å². The van der Waals surface area contributed by atoms with Crippen LogP contribution in [-0.4, -0.2) is 47.4 Å². The first kappa shape index (κ1) is 24.3. The Bertz CT molecular complexity index is 523. The molecular formula is C23H44N4O2. The molecule has 0 spiro atoms. The Morgan fingerprint density at radius 1 is 0.897 bits per heavy atom. The van der Waals surface area contributed by atoms with Crippen molar-refractivity contribution in [3.63, 3.8) is 0 Å². The van der Waals surface area contributed by atoms with Gasteiger partial charge in [-0.15, -0.1) is 0 Å². The maximum absolute atomic E-state index is 12.3. The lowest BCUT2D eigenvalue weighted by Crippen LogP contribution is -2.53. The van der Waals surface area contributed by atoms with Crippen molar-refractivity contribution < 1.29 is 10.0 Å². The molecule has 0 saturated heterocycles. The third-order valence-corrected chi connectivity index (χ3v) is 7.54. The smallest absolute Gasteiger partial charge is 0.149 e. The van der Waals surface area contributed by atoms with E-state index in [0.717, 1.165) is 76.6 Å². The molecule has 1 unspecified atom stereocenters. The lowest BCUT2D eigenvalue weighted by atomic mass is 9.78. The van der Waals surface area contributed by atoms with Gasteiger partial charge in [0.05, 0.1) is 16.8 Å². The van der Waals surface area contributed by atoms with Gasteiger partial charge < -0.3 is 21.6 Å². The molecule has 5 N–H and O–H groups in total. The number of ketones is 1. The fourth-order valence-corrected chi connectivity index (χ4v) is 5.43. The summed E-state index contributed by atoms with van der Waals surface area (Å²) in [4.78, 5) is 12.3. The standard InChI is InChI=1S/C23H44N4O2/c1-19(27-29)22(12-5-3-6-13-22)25-17-10-21(9-16-24)11-18-26-23(20(2)28)14-7-4-8-15-23/h21,25-26,29H,3-18,24H2,1-2H3/b27-19-. The molecule has 168 valence electrons. The number of nitrogens with zero attached hydrogens (tertiary/aromatic N) is 1. The first-order valence-electron chi connectivity index (χ1n) is 11.9. The van der Waals surface area contributed by atoms with E-state index in [2.05, 4.69) is 15.8 Å². The summed E-state index contributed by atoms with van der Waals surface area (Å²) >= 11 is 0. The molecule has 29 heavy (non-hydrogen) atoms. The molecular weight excluding hydrogens is 364 g/mol. The summed E-state index contributed by atoms with van der Waals surface area (Å²) in [5.41, 5.74) is 6.27. The molecule has 6 heteroatoms. The summed E-state index contributed by atoms with van der Waals surface area (Å²) in [6.07, 6.45) is 14.4. The topological polar surface area (TPSA) is 99.7 Å². The summed E-state index contributed by atoms with van der Waals surface area (Å²) in [6, 6.07) is 0. The SMILES string of the molecule is CC(=O)C1(NCCC(CCN)CCNC2(/C(C)=N\O)CCCCC2)CCCCC1. The zero-order valence-electron chi connectivity index (χ0n) is 18.8. The summed E-state index contributed by atoms with van der Waals surface area (Å²) in [5.74, 6) is 0.840. The van der Waals surface area contributed by atoms with Gasteiger partial charge in [0.15, 0.2) is 0 Å². The van der Waals surface area contributed by atoms with E-state index >= 15 is 0 Å². The van der Waals surface area contributed by atoms with Crippen LogP contribution in [0.25, 0.3) is 0 Å². The lowest BCUT2D eigenvalue weighted by Gasteiger charge is -2.38. The van der Waals surface area contributed by atoms with Crippen molar-refractivity contribution in [1.29, 1.82) is 0 Å². The summed E-state index contributed by atoms with van der Waals surface area (Å²) in [5, 5.41) is 20.3. The second-order valence-corrected chi connectivity index (χ2v) is 9.40. The largest absolute Gasteiger partial charge is 0.411 e. The van der Waals surface area contributed by atoms with Crippen LogP contribution in [-0.2, 0) is 4.79 Å². The summed E-state index contributed by atoms with van der Waals surface area (Å²) < 4.78 is 0. The van der Waals surface area contributed by atoms with Crippen molar-refractivity contribution in [3.05, 3.63) is 0 Å². The third-order valence-electron chi connectivity index (χ3n) is 7.54. The highest BCUT2D eigenvalue weighted by Crippen LogP contribution is 2.31. The van der Waals surface area contributed by atoms with Gasteiger partial charge in [-0.3, -0.25) is 4.79 Å². The first-order valence-corrected chi connectivity index (χ1v) is 11.9. The maximum atomic E-state index is 12.3. The summed E-state index contributed by atoms with van der Waals surface area (Å²) in [7, 11) is 0. The number of carbonyl (C=O) groups excluding carboxylic acids is 1. The average Bonchev–Trinajstić information content (AvgIpc) is 2.74. The molecule has 2 aliphatic rings. The van der Waals surface area contributed by atoms with Crippen LogP contribution in [0.15, 0.2) is 5.16 Å². The van der Waals surface area contributed by atoms with Gasteiger partial charge in [-0.2, -0.15) is 0 Å². The minimum Gasteiger partial charge on any atom is -0.411 e. The van der Waals surface area contributed by atoms with Gasteiger partial charge in [-0.1, -0.05) is 43.7 Å². The normalized spacial score (nSPS) is 22.9. The number of nitrogens with one attached hydrogen (secondary N) is 2. The number of nitrogens with two attached hydrogens (primary N) is 1. The van der Waals surface area contributed by atoms with Gasteiger partial charge in [-0.05, 0) is 84.3 Å². The monoisotopic (exact) mass is 408 g/mol. The quantitative estimate of drug-likeness (QED) is 0.224. The maximum Gasteiger partial charge on any atom is 0.149 e. The third kappa shape index (κ3) is 6.76. The Kier molecular flexibility index (Phi) is 10.1. The van der Waals surface area contributed by atoms with Crippen molar-refractivity contribution >= 4 is 11.5 Å². The minimum absolute atomic E-state index is 0.140. The van der Waals surface area contributed by atoms with Crippen LogP contribution in [0.2, 0.25) is 0 Å². The van der Waals surface area contributed by atoms with E-state index in [9.17, 15) is 10.0 Å². The van der Waals surface area contributed by atoms with E-state index in [1.54, 1.807) is 6.92 Å². The highest BCUT2D eigenvalue weighted by molar-refractivity contribution is 5.91. The molecule has 0 heterocycles. The number of hydrogen-bond donors (Lipinski definition) is 4. The second-order valence-electron chi connectivity index (χ2n) is 9.40. The van der Waals surface area contributed by atoms with Crippen molar-refractivity contribution in [2.24, 2.45) is 16.8 Å². The Hall–Kier alpha value is -0.980. The van der Waals surface area contributed by atoms with Crippen molar-refractivity contribution in [3.8, 4) is 0 Å². The van der Waals surface area contributed by atoms with Crippen LogP contribution >= 0.6 is 0 Å². The Labute approximate surface area is 177 Å². The number of Topliss-reactive ketones (excluding diaryl/α,β-unsaturated/α-hetero) is 1. The molecule has 2 aliphatic carbocycles. The van der Waals surface area contributed by atoms with Crippen LogP contribution in [0.4, 0.5) is 0 Å². The highest BCUT2D eigenvalue weighted by atomic mass is 16.4. The van der Waals surface area contributed by atoms with Gasteiger partial charge in [0, 0.05) is 0 Å². The van der Waals surface area contributed by atoms with E-state index < -0.39 is 0 Å². The summed E-state index contributed by atoms with van der Waals surface area (Å²) in [6.45, 7) is 6.17.